The normalized spacial score (nSPS) is 11.2. The SMILES string of the molecule is CCCCCCCCNS(=O)(=O)c1cc(Oc2c(C)cc(NC(=O)C(=O)OCC)cc2Cl)ccc1O. The van der Waals surface area contributed by atoms with E-state index in [0.29, 0.717) is 12.0 Å². The molecular weight excluding hydrogens is 508 g/mol. The molecule has 0 aliphatic rings. The summed E-state index contributed by atoms with van der Waals surface area (Å²) >= 11 is 6.33. The number of carbonyl (C=O) groups is 2. The Morgan fingerprint density at radius 1 is 1.03 bits per heavy atom. The van der Waals surface area contributed by atoms with Crippen molar-refractivity contribution in [3.8, 4) is 17.2 Å². The fraction of sp³-hybridized carbons (Fsp3) is 0.440. The summed E-state index contributed by atoms with van der Waals surface area (Å²) in [5.41, 5.74) is 0.774. The quantitative estimate of drug-likeness (QED) is 0.179. The van der Waals surface area contributed by atoms with Crippen LogP contribution in [0.25, 0.3) is 0 Å². The Balaban J connectivity index is 2.11. The zero-order chi connectivity index (χ0) is 26.7. The lowest BCUT2D eigenvalue weighted by Gasteiger charge is -2.15. The minimum Gasteiger partial charge on any atom is -0.507 e. The Bertz CT molecular complexity index is 1150. The van der Waals surface area contributed by atoms with Crippen molar-refractivity contribution >= 4 is 39.2 Å². The maximum Gasteiger partial charge on any atom is 0.397 e. The third-order valence-corrected chi connectivity index (χ3v) is 6.98. The molecule has 0 aromatic heterocycles. The molecule has 2 rings (SSSR count). The zero-order valence-electron chi connectivity index (χ0n) is 20.7. The molecule has 1 amide bonds. The topological polar surface area (TPSA) is 131 Å². The van der Waals surface area contributed by atoms with Crippen molar-refractivity contribution in [3.63, 3.8) is 0 Å². The lowest BCUT2D eigenvalue weighted by Crippen LogP contribution is -2.25. The number of phenols is 1. The Morgan fingerprint density at radius 3 is 2.39 bits per heavy atom. The van der Waals surface area contributed by atoms with Crippen molar-refractivity contribution in [2.45, 2.75) is 64.2 Å². The van der Waals surface area contributed by atoms with Gasteiger partial charge in [0.05, 0.1) is 11.6 Å². The van der Waals surface area contributed by atoms with Gasteiger partial charge >= 0.3 is 11.9 Å². The van der Waals surface area contributed by atoms with Gasteiger partial charge in [-0.05, 0) is 50.1 Å². The van der Waals surface area contributed by atoms with Crippen LogP contribution in [0.3, 0.4) is 0 Å². The van der Waals surface area contributed by atoms with E-state index in [0.717, 1.165) is 25.7 Å². The van der Waals surface area contributed by atoms with Crippen LogP contribution in [0.15, 0.2) is 35.2 Å². The van der Waals surface area contributed by atoms with E-state index in [-0.39, 0.29) is 40.3 Å². The highest BCUT2D eigenvalue weighted by Crippen LogP contribution is 2.37. The van der Waals surface area contributed by atoms with Crippen LogP contribution >= 0.6 is 11.6 Å². The summed E-state index contributed by atoms with van der Waals surface area (Å²) in [5, 5.41) is 12.7. The van der Waals surface area contributed by atoms with Crippen molar-refractivity contribution in [1.82, 2.24) is 4.72 Å². The van der Waals surface area contributed by atoms with E-state index in [4.69, 9.17) is 16.3 Å². The van der Waals surface area contributed by atoms with Crippen LogP contribution in [0.4, 0.5) is 5.69 Å². The van der Waals surface area contributed by atoms with E-state index in [1.807, 2.05) is 0 Å². The summed E-state index contributed by atoms with van der Waals surface area (Å²) in [6.07, 6.45) is 6.12. The second-order valence-corrected chi connectivity index (χ2v) is 10.3. The van der Waals surface area contributed by atoms with Gasteiger partial charge in [0.1, 0.15) is 22.1 Å². The fourth-order valence-corrected chi connectivity index (χ4v) is 4.88. The standard InChI is InChI=1S/C25H33ClN2O7S/c1-4-6-7-8-9-10-13-27-36(32,33)22-16-19(11-12-21(22)29)35-23-17(3)14-18(15-20(23)26)28-24(30)25(31)34-5-2/h11-12,14-16,27,29H,4-10,13H2,1-3H3,(H,28,30). The molecule has 0 aliphatic heterocycles. The van der Waals surface area contributed by atoms with E-state index in [1.165, 1.54) is 30.7 Å². The number of benzene rings is 2. The largest absolute Gasteiger partial charge is 0.507 e. The van der Waals surface area contributed by atoms with E-state index in [1.54, 1.807) is 19.9 Å². The van der Waals surface area contributed by atoms with Crippen LogP contribution in [0.2, 0.25) is 5.02 Å². The van der Waals surface area contributed by atoms with E-state index < -0.39 is 27.6 Å². The van der Waals surface area contributed by atoms with Crippen LogP contribution in [0.5, 0.6) is 17.2 Å². The second kappa shape index (κ2) is 14.1. The minimum absolute atomic E-state index is 0.0672. The number of carbonyl (C=O) groups excluding carboxylic acids is 2. The number of aromatic hydroxyl groups is 1. The third kappa shape index (κ3) is 8.69. The first-order valence-corrected chi connectivity index (χ1v) is 13.7. The number of nitrogens with one attached hydrogen (secondary N) is 2. The summed E-state index contributed by atoms with van der Waals surface area (Å²) in [6.45, 7) is 5.72. The monoisotopic (exact) mass is 540 g/mol. The van der Waals surface area contributed by atoms with Crippen molar-refractivity contribution in [2.24, 2.45) is 0 Å². The minimum atomic E-state index is -3.96. The number of aryl methyl sites for hydroxylation is 1. The van der Waals surface area contributed by atoms with Gasteiger partial charge in [0, 0.05) is 18.3 Å². The lowest BCUT2D eigenvalue weighted by molar-refractivity contribution is -0.152. The number of unbranched alkanes of at least 4 members (excludes halogenated alkanes) is 5. The number of hydrogen-bond donors (Lipinski definition) is 3. The zero-order valence-corrected chi connectivity index (χ0v) is 22.3. The van der Waals surface area contributed by atoms with Crippen molar-refractivity contribution < 1.29 is 32.6 Å². The number of phenolic OH excluding ortho intramolecular Hbond substituents is 1. The highest BCUT2D eigenvalue weighted by Gasteiger charge is 2.21. The molecule has 0 bridgehead atoms. The highest BCUT2D eigenvalue weighted by molar-refractivity contribution is 7.89. The van der Waals surface area contributed by atoms with Gasteiger partial charge in [0.15, 0.2) is 0 Å². The number of amides is 1. The molecular formula is C25H33ClN2O7S. The molecule has 2 aromatic carbocycles. The number of anilines is 1. The Labute approximate surface area is 217 Å². The molecule has 198 valence electrons. The Hall–Kier alpha value is -2.82. The molecule has 0 atom stereocenters. The number of hydrogen-bond acceptors (Lipinski definition) is 7. The Kier molecular flexibility index (Phi) is 11.5. The molecule has 0 saturated carbocycles. The van der Waals surface area contributed by atoms with Crippen LogP contribution in [0, 0.1) is 6.92 Å². The van der Waals surface area contributed by atoms with E-state index >= 15 is 0 Å². The predicted molar refractivity (Wildman–Crippen MR) is 138 cm³/mol. The van der Waals surface area contributed by atoms with Gasteiger partial charge < -0.3 is 19.9 Å². The first-order valence-electron chi connectivity index (χ1n) is 11.9. The molecule has 0 heterocycles. The average molecular weight is 541 g/mol. The summed E-state index contributed by atoms with van der Waals surface area (Å²) in [5.74, 6) is -2.00. The molecule has 0 unspecified atom stereocenters. The van der Waals surface area contributed by atoms with E-state index in [2.05, 4.69) is 21.7 Å². The highest BCUT2D eigenvalue weighted by atomic mass is 35.5. The molecule has 0 saturated heterocycles. The summed E-state index contributed by atoms with van der Waals surface area (Å²) in [6, 6.07) is 6.78. The van der Waals surface area contributed by atoms with Crippen LogP contribution in [0.1, 0.15) is 57.9 Å². The molecule has 0 fully saturated rings. The molecule has 2 aromatic rings. The van der Waals surface area contributed by atoms with E-state index in [9.17, 15) is 23.1 Å². The number of halogens is 1. The van der Waals surface area contributed by atoms with Gasteiger partial charge in [0.2, 0.25) is 10.0 Å². The van der Waals surface area contributed by atoms with Crippen molar-refractivity contribution in [1.29, 1.82) is 0 Å². The number of rotatable bonds is 13. The summed E-state index contributed by atoms with van der Waals surface area (Å²) in [4.78, 5) is 23.1. The average Bonchev–Trinajstić information content (AvgIpc) is 2.81. The van der Waals surface area contributed by atoms with Gasteiger partial charge in [-0.1, -0.05) is 50.6 Å². The first kappa shape index (κ1) is 29.4. The predicted octanol–water partition coefficient (Wildman–Crippen LogP) is 5.29. The Morgan fingerprint density at radius 2 is 1.72 bits per heavy atom. The van der Waals surface area contributed by atoms with Gasteiger partial charge in [-0.25, -0.2) is 17.9 Å². The van der Waals surface area contributed by atoms with Gasteiger partial charge in [-0.3, -0.25) is 4.79 Å². The summed E-state index contributed by atoms with van der Waals surface area (Å²) < 4.78 is 38.5. The lowest BCUT2D eigenvalue weighted by atomic mass is 10.1. The summed E-state index contributed by atoms with van der Waals surface area (Å²) in [7, 11) is -3.96. The fourth-order valence-electron chi connectivity index (χ4n) is 3.39. The molecule has 11 heteroatoms. The van der Waals surface area contributed by atoms with Crippen molar-refractivity contribution in [3.05, 3.63) is 40.9 Å². The maximum atomic E-state index is 12.7. The first-order chi connectivity index (χ1) is 17.1. The van der Waals surface area contributed by atoms with Gasteiger partial charge in [0.25, 0.3) is 0 Å². The molecule has 3 N–H and O–H groups in total. The molecule has 0 radical (unpaired) electrons. The van der Waals surface area contributed by atoms with Crippen LogP contribution < -0.4 is 14.8 Å². The molecule has 36 heavy (non-hydrogen) atoms. The van der Waals surface area contributed by atoms with Gasteiger partial charge in [-0.2, -0.15) is 0 Å². The molecule has 0 aliphatic carbocycles. The van der Waals surface area contributed by atoms with Crippen LogP contribution in [-0.4, -0.2) is 38.6 Å². The number of ether oxygens (including phenoxy) is 2. The van der Waals surface area contributed by atoms with Crippen LogP contribution in [-0.2, 0) is 24.3 Å². The molecule has 9 nitrogen and oxygen atoms in total. The molecule has 0 spiro atoms. The smallest absolute Gasteiger partial charge is 0.397 e. The van der Waals surface area contributed by atoms with Crippen molar-refractivity contribution in [2.75, 3.05) is 18.5 Å². The number of esters is 1. The third-order valence-electron chi connectivity index (χ3n) is 5.21. The van der Waals surface area contributed by atoms with Gasteiger partial charge in [-0.15, -0.1) is 0 Å². The maximum absolute atomic E-state index is 12.7. The second-order valence-electron chi connectivity index (χ2n) is 8.18. The number of sulfonamides is 1.